The SMILES string of the molecule is CC1(C)OC[C@@H](c2ccccn2)N1C(=O)OCc1ccccc1. The first-order chi connectivity index (χ1) is 11.1. The van der Waals surface area contributed by atoms with Gasteiger partial charge in [-0.3, -0.25) is 9.88 Å². The number of benzene rings is 1. The molecule has 0 unspecified atom stereocenters. The molecule has 1 saturated heterocycles. The second-order valence-electron chi connectivity index (χ2n) is 5.94. The Balaban J connectivity index is 1.75. The van der Waals surface area contributed by atoms with E-state index in [1.807, 2.05) is 62.4 Å². The average Bonchev–Trinajstić information content (AvgIpc) is 2.90. The maximum atomic E-state index is 12.6. The van der Waals surface area contributed by atoms with Gasteiger partial charge in [-0.25, -0.2) is 4.79 Å². The molecule has 0 spiro atoms. The summed E-state index contributed by atoms with van der Waals surface area (Å²) >= 11 is 0. The topological polar surface area (TPSA) is 51.7 Å². The summed E-state index contributed by atoms with van der Waals surface area (Å²) < 4.78 is 11.3. The summed E-state index contributed by atoms with van der Waals surface area (Å²) in [7, 11) is 0. The van der Waals surface area contributed by atoms with E-state index in [1.54, 1.807) is 11.1 Å². The van der Waals surface area contributed by atoms with Gasteiger partial charge in [-0.15, -0.1) is 0 Å². The molecule has 1 aromatic carbocycles. The minimum atomic E-state index is -0.726. The van der Waals surface area contributed by atoms with E-state index in [-0.39, 0.29) is 12.6 Å². The van der Waals surface area contributed by atoms with E-state index in [4.69, 9.17) is 9.47 Å². The summed E-state index contributed by atoms with van der Waals surface area (Å²) in [5.41, 5.74) is 1.03. The monoisotopic (exact) mass is 312 g/mol. The quantitative estimate of drug-likeness (QED) is 0.870. The maximum Gasteiger partial charge on any atom is 0.413 e. The smallest absolute Gasteiger partial charge is 0.413 e. The fraction of sp³-hybridized carbons (Fsp3) is 0.333. The van der Waals surface area contributed by atoms with Gasteiger partial charge in [0.25, 0.3) is 0 Å². The molecule has 23 heavy (non-hydrogen) atoms. The number of nitrogens with zero attached hydrogens (tertiary/aromatic N) is 2. The van der Waals surface area contributed by atoms with Crippen molar-refractivity contribution < 1.29 is 14.3 Å². The van der Waals surface area contributed by atoms with Crippen LogP contribution in [0.5, 0.6) is 0 Å². The number of carbonyl (C=O) groups is 1. The number of pyridine rings is 1. The lowest BCUT2D eigenvalue weighted by Gasteiger charge is -2.32. The number of hydrogen-bond acceptors (Lipinski definition) is 4. The van der Waals surface area contributed by atoms with Crippen LogP contribution in [0.15, 0.2) is 54.7 Å². The Morgan fingerprint density at radius 3 is 2.70 bits per heavy atom. The van der Waals surface area contributed by atoms with Crippen molar-refractivity contribution in [1.29, 1.82) is 0 Å². The van der Waals surface area contributed by atoms with Crippen molar-refractivity contribution in [3.05, 3.63) is 66.0 Å². The summed E-state index contributed by atoms with van der Waals surface area (Å²) in [4.78, 5) is 18.6. The Kier molecular flexibility index (Phi) is 4.30. The highest BCUT2D eigenvalue weighted by atomic mass is 16.6. The molecule has 0 N–H and O–H groups in total. The van der Waals surface area contributed by atoms with Crippen LogP contribution in [0.25, 0.3) is 0 Å². The number of carbonyl (C=O) groups excluding carboxylic acids is 1. The number of ether oxygens (including phenoxy) is 2. The molecule has 2 aromatic rings. The van der Waals surface area contributed by atoms with Gasteiger partial charge < -0.3 is 9.47 Å². The van der Waals surface area contributed by atoms with Gasteiger partial charge >= 0.3 is 6.09 Å². The van der Waals surface area contributed by atoms with Gasteiger partial charge in [-0.1, -0.05) is 36.4 Å². The molecule has 5 heteroatoms. The fourth-order valence-electron chi connectivity index (χ4n) is 2.73. The number of hydrogen-bond donors (Lipinski definition) is 0. The van der Waals surface area contributed by atoms with E-state index in [9.17, 15) is 4.79 Å². The third-order valence-electron chi connectivity index (χ3n) is 3.92. The predicted octanol–water partition coefficient (Wildman–Crippen LogP) is 3.53. The second kappa shape index (κ2) is 6.38. The van der Waals surface area contributed by atoms with Gasteiger partial charge in [-0.2, -0.15) is 0 Å². The van der Waals surface area contributed by atoms with Crippen LogP contribution in [0.2, 0.25) is 0 Å². The molecular formula is C18H20N2O3. The molecule has 2 heterocycles. The third-order valence-corrected chi connectivity index (χ3v) is 3.92. The van der Waals surface area contributed by atoms with Crippen molar-refractivity contribution >= 4 is 6.09 Å². The molecule has 1 aromatic heterocycles. The van der Waals surface area contributed by atoms with Crippen molar-refractivity contribution in [3.8, 4) is 0 Å². The molecule has 1 atom stereocenters. The Morgan fingerprint density at radius 1 is 1.26 bits per heavy atom. The summed E-state index contributed by atoms with van der Waals surface area (Å²) in [5, 5.41) is 0. The highest BCUT2D eigenvalue weighted by molar-refractivity contribution is 5.69. The number of amides is 1. The first kappa shape index (κ1) is 15.5. The molecule has 5 nitrogen and oxygen atoms in total. The maximum absolute atomic E-state index is 12.6. The molecule has 0 radical (unpaired) electrons. The minimum absolute atomic E-state index is 0.237. The zero-order valence-corrected chi connectivity index (χ0v) is 13.3. The minimum Gasteiger partial charge on any atom is -0.444 e. The van der Waals surface area contributed by atoms with Crippen LogP contribution in [0.3, 0.4) is 0 Å². The fourth-order valence-corrected chi connectivity index (χ4v) is 2.73. The largest absolute Gasteiger partial charge is 0.444 e. The highest BCUT2D eigenvalue weighted by Gasteiger charge is 2.46. The molecular weight excluding hydrogens is 292 g/mol. The lowest BCUT2D eigenvalue weighted by atomic mass is 10.1. The molecule has 120 valence electrons. The normalized spacial score (nSPS) is 19.6. The van der Waals surface area contributed by atoms with Gasteiger partial charge in [0.05, 0.1) is 12.3 Å². The van der Waals surface area contributed by atoms with Crippen LogP contribution in [0.1, 0.15) is 31.1 Å². The summed E-state index contributed by atoms with van der Waals surface area (Å²) in [5.74, 6) is 0. The zero-order valence-electron chi connectivity index (χ0n) is 13.3. The third kappa shape index (κ3) is 3.35. The second-order valence-corrected chi connectivity index (χ2v) is 5.94. The van der Waals surface area contributed by atoms with Gasteiger partial charge in [0.15, 0.2) is 0 Å². The van der Waals surface area contributed by atoms with E-state index in [2.05, 4.69) is 4.98 Å². The molecule has 1 amide bonds. The van der Waals surface area contributed by atoms with Crippen molar-refractivity contribution in [1.82, 2.24) is 9.88 Å². The summed E-state index contributed by atoms with van der Waals surface area (Å²) in [6.45, 7) is 4.37. The van der Waals surface area contributed by atoms with E-state index in [0.717, 1.165) is 11.3 Å². The van der Waals surface area contributed by atoms with Crippen molar-refractivity contribution in [2.75, 3.05) is 6.61 Å². The summed E-state index contributed by atoms with van der Waals surface area (Å²) in [6.07, 6.45) is 1.32. The standard InChI is InChI=1S/C18H20N2O3/c1-18(2)20(16(13-23-18)15-10-6-7-11-19-15)17(21)22-12-14-8-4-3-5-9-14/h3-11,16H,12-13H2,1-2H3/t16-/m0/s1. The Morgan fingerprint density at radius 2 is 2.00 bits per heavy atom. The average molecular weight is 312 g/mol. The van der Waals surface area contributed by atoms with E-state index in [1.165, 1.54) is 0 Å². The van der Waals surface area contributed by atoms with E-state index < -0.39 is 11.8 Å². The number of aromatic nitrogens is 1. The van der Waals surface area contributed by atoms with Crippen LogP contribution in [-0.2, 0) is 16.1 Å². The zero-order chi connectivity index (χ0) is 16.3. The van der Waals surface area contributed by atoms with Crippen LogP contribution < -0.4 is 0 Å². The van der Waals surface area contributed by atoms with Crippen LogP contribution in [-0.4, -0.2) is 28.3 Å². The van der Waals surface area contributed by atoms with Gasteiger partial charge in [-0.05, 0) is 31.5 Å². The molecule has 0 saturated carbocycles. The molecule has 1 fully saturated rings. The summed E-state index contributed by atoms with van der Waals surface area (Å²) in [6, 6.07) is 15.0. The lowest BCUT2D eigenvalue weighted by Crippen LogP contribution is -2.45. The van der Waals surface area contributed by atoms with Crippen LogP contribution >= 0.6 is 0 Å². The van der Waals surface area contributed by atoms with Gasteiger partial charge in [0, 0.05) is 6.20 Å². The lowest BCUT2D eigenvalue weighted by molar-refractivity contribution is -0.0494. The van der Waals surface area contributed by atoms with Crippen molar-refractivity contribution in [3.63, 3.8) is 0 Å². The molecule has 1 aliphatic rings. The van der Waals surface area contributed by atoms with Gasteiger partial charge in [0.2, 0.25) is 0 Å². The molecule has 0 bridgehead atoms. The Bertz CT molecular complexity index is 658. The first-order valence-corrected chi connectivity index (χ1v) is 7.63. The van der Waals surface area contributed by atoms with Crippen molar-refractivity contribution in [2.45, 2.75) is 32.2 Å². The molecule has 0 aliphatic carbocycles. The van der Waals surface area contributed by atoms with Crippen molar-refractivity contribution in [2.24, 2.45) is 0 Å². The molecule has 3 rings (SSSR count). The highest BCUT2D eigenvalue weighted by Crippen LogP contribution is 2.36. The number of rotatable bonds is 3. The first-order valence-electron chi connectivity index (χ1n) is 7.63. The van der Waals surface area contributed by atoms with Crippen LogP contribution in [0, 0.1) is 0 Å². The van der Waals surface area contributed by atoms with E-state index >= 15 is 0 Å². The molecule has 1 aliphatic heterocycles. The van der Waals surface area contributed by atoms with E-state index in [0.29, 0.717) is 6.61 Å². The van der Waals surface area contributed by atoms with Crippen LogP contribution in [0.4, 0.5) is 4.79 Å². The Labute approximate surface area is 135 Å². The van der Waals surface area contributed by atoms with Gasteiger partial charge in [0.1, 0.15) is 18.4 Å². The Hall–Kier alpha value is -2.40. The predicted molar refractivity (Wildman–Crippen MR) is 85.5 cm³/mol.